The molecule has 0 unspecified atom stereocenters. The van der Waals surface area contributed by atoms with Crippen molar-refractivity contribution in [3.05, 3.63) is 143 Å². The number of nitrogens with zero attached hydrogens (tertiary/aromatic N) is 1. The van der Waals surface area contributed by atoms with Gasteiger partial charge >= 0.3 is 0 Å². The summed E-state index contributed by atoms with van der Waals surface area (Å²) < 4.78 is 0. The number of aryl methyl sites for hydroxylation is 2. The lowest BCUT2D eigenvalue weighted by molar-refractivity contribution is 0.105. The molecule has 1 aliphatic heterocycles. The largest absolute Gasteiger partial charge is 0.396 e. The number of rotatable bonds is 12. The second kappa shape index (κ2) is 14.3. The predicted octanol–water partition coefficient (Wildman–Crippen LogP) is 6.23. The van der Waals surface area contributed by atoms with Crippen LogP contribution in [0.15, 0.2) is 109 Å². The van der Waals surface area contributed by atoms with E-state index in [4.69, 9.17) is 0 Å². The lowest BCUT2D eigenvalue weighted by Gasteiger charge is -2.45. The number of piperazine rings is 1. The van der Waals surface area contributed by atoms with E-state index in [-0.39, 0.29) is 12.6 Å². The van der Waals surface area contributed by atoms with E-state index < -0.39 is 5.54 Å². The number of aliphatic hydroxyl groups excluding tert-OH is 1. The Kier molecular flexibility index (Phi) is 10.2. The fourth-order valence-electron chi connectivity index (χ4n) is 6.77. The monoisotopic (exact) mass is 561 g/mol. The third-order valence-corrected chi connectivity index (χ3v) is 8.88. The Morgan fingerprint density at radius 3 is 1.95 bits per heavy atom. The number of benzene rings is 4. The summed E-state index contributed by atoms with van der Waals surface area (Å²) in [6, 6.07) is 40.7. The molecule has 0 bridgehead atoms. The van der Waals surface area contributed by atoms with Gasteiger partial charge < -0.3 is 10.4 Å². The molecule has 0 saturated carbocycles. The maximum atomic E-state index is 9.64. The number of hydrogen-bond acceptors (Lipinski definition) is 4. The zero-order chi connectivity index (χ0) is 29.4. The molecular weight excluding hydrogens is 514 g/mol. The van der Waals surface area contributed by atoms with Gasteiger partial charge in [0.15, 0.2) is 0 Å². The van der Waals surface area contributed by atoms with E-state index in [1.165, 1.54) is 33.4 Å². The lowest BCUT2D eigenvalue weighted by atomic mass is 9.76. The molecule has 0 aliphatic carbocycles. The topological polar surface area (TPSA) is 47.5 Å². The number of hydrogen-bond donors (Lipinski definition) is 3. The highest BCUT2D eigenvalue weighted by molar-refractivity contribution is 5.49. The Balaban J connectivity index is 1.62. The van der Waals surface area contributed by atoms with Crippen molar-refractivity contribution in [2.75, 3.05) is 26.2 Å². The average Bonchev–Trinajstić information content (AvgIpc) is 3.02. The molecule has 4 nitrogen and oxygen atoms in total. The molecule has 220 valence electrons. The van der Waals surface area contributed by atoms with Crippen molar-refractivity contribution in [2.45, 2.75) is 63.7 Å². The van der Waals surface area contributed by atoms with Crippen molar-refractivity contribution in [3.63, 3.8) is 0 Å². The van der Waals surface area contributed by atoms with Gasteiger partial charge in [-0.25, -0.2) is 0 Å². The molecule has 0 aromatic heterocycles. The smallest absolute Gasteiger partial charge is 0.0950 e. The first-order valence-electron chi connectivity index (χ1n) is 15.6. The average molecular weight is 562 g/mol. The van der Waals surface area contributed by atoms with Gasteiger partial charge in [0.05, 0.1) is 5.54 Å². The number of nitrogens with one attached hydrogen (secondary N) is 2. The van der Waals surface area contributed by atoms with Crippen LogP contribution in [0.2, 0.25) is 0 Å². The molecule has 0 spiro atoms. The van der Waals surface area contributed by atoms with Crippen LogP contribution >= 0.6 is 0 Å². The molecule has 3 atom stereocenters. The molecular formula is C38H47N3O. The van der Waals surface area contributed by atoms with E-state index in [0.29, 0.717) is 12.1 Å². The highest BCUT2D eigenvalue weighted by Gasteiger charge is 2.39. The predicted molar refractivity (Wildman–Crippen MR) is 175 cm³/mol. The minimum Gasteiger partial charge on any atom is -0.396 e. The molecule has 1 fully saturated rings. The molecule has 1 aliphatic rings. The fraction of sp³-hybridized carbons (Fsp3) is 0.368. The SMILES string of the molecule is Cc1ccc(C[C@@H](CN2C[C@@H](C)NC[C@@H]2CCCO)NC(c2ccccc2)(c2ccccc2)c2ccccc2)c(C)c1. The van der Waals surface area contributed by atoms with E-state index >= 15 is 0 Å². The first-order chi connectivity index (χ1) is 20.5. The van der Waals surface area contributed by atoms with Gasteiger partial charge in [0.2, 0.25) is 0 Å². The summed E-state index contributed by atoms with van der Waals surface area (Å²) in [7, 11) is 0. The zero-order valence-electron chi connectivity index (χ0n) is 25.5. The summed E-state index contributed by atoms with van der Waals surface area (Å²) in [5.41, 5.74) is 7.20. The Morgan fingerprint density at radius 1 is 0.857 bits per heavy atom. The molecule has 42 heavy (non-hydrogen) atoms. The summed E-state index contributed by atoms with van der Waals surface area (Å²) in [5.74, 6) is 0. The van der Waals surface area contributed by atoms with Crippen LogP contribution in [0.1, 0.15) is 53.1 Å². The zero-order valence-corrected chi connectivity index (χ0v) is 25.5. The molecule has 1 saturated heterocycles. The van der Waals surface area contributed by atoms with Gasteiger partial charge in [-0.05, 0) is 67.9 Å². The van der Waals surface area contributed by atoms with Gasteiger partial charge in [-0.2, -0.15) is 0 Å². The van der Waals surface area contributed by atoms with Gasteiger partial charge in [-0.1, -0.05) is 115 Å². The molecule has 1 heterocycles. The van der Waals surface area contributed by atoms with Crippen molar-refractivity contribution in [1.29, 1.82) is 0 Å². The van der Waals surface area contributed by atoms with Crippen LogP contribution in [0.4, 0.5) is 0 Å². The van der Waals surface area contributed by atoms with Crippen molar-refractivity contribution >= 4 is 0 Å². The maximum Gasteiger partial charge on any atom is 0.0950 e. The summed E-state index contributed by atoms with van der Waals surface area (Å²) in [4.78, 5) is 2.67. The fourth-order valence-corrected chi connectivity index (χ4v) is 6.77. The second-order valence-electron chi connectivity index (χ2n) is 12.1. The molecule has 0 radical (unpaired) electrons. The summed E-state index contributed by atoms with van der Waals surface area (Å²) in [6.45, 7) is 9.81. The van der Waals surface area contributed by atoms with Crippen LogP contribution in [0.3, 0.4) is 0 Å². The van der Waals surface area contributed by atoms with E-state index in [1.807, 2.05) is 0 Å². The Hall–Kier alpha value is -3.28. The highest BCUT2D eigenvalue weighted by Crippen LogP contribution is 2.38. The van der Waals surface area contributed by atoms with Crippen molar-refractivity contribution in [1.82, 2.24) is 15.5 Å². The molecule has 4 aromatic carbocycles. The molecule has 3 N–H and O–H groups in total. The van der Waals surface area contributed by atoms with Gasteiger partial charge in [-0.15, -0.1) is 0 Å². The summed E-state index contributed by atoms with van der Waals surface area (Å²) >= 11 is 0. The van der Waals surface area contributed by atoms with Crippen LogP contribution in [0.25, 0.3) is 0 Å². The van der Waals surface area contributed by atoms with Crippen molar-refractivity contribution in [2.24, 2.45) is 0 Å². The van der Waals surface area contributed by atoms with E-state index in [2.05, 4.69) is 145 Å². The standard InChI is InChI=1S/C38H47N3O/c1-29-21-22-32(30(2)24-29)25-36(28-41-27-31(3)39-26-37(41)20-13-23-42)40-38(33-14-7-4-8-15-33,34-16-9-5-10-17-34)35-18-11-6-12-19-35/h4-12,14-19,21-22,24,31,36-37,39-40,42H,13,20,23,25-28H2,1-3H3/t31-,36+,37+/m1/s1. The van der Waals surface area contributed by atoms with E-state index in [9.17, 15) is 5.11 Å². The van der Waals surface area contributed by atoms with Crippen LogP contribution in [-0.4, -0.2) is 54.4 Å². The lowest BCUT2D eigenvalue weighted by Crippen LogP contribution is -2.60. The minimum absolute atomic E-state index is 0.161. The van der Waals surface area contributed by atoms with Crippen LogP contribution < -0.4 is 10.6 Å². The Bertz CT molecular complexity index is 1280. The van der Waals surface area contributed by atoms with Crippen LogP contribution in [-0.2, 0) is 12.0 Å². The van der Waals surface area contributed by atoms with Gasteiger partial charge in [0.25, 0.3) is 0 Å². The maximum absolute atomic E-state index is 9.64. The normalized spacial score (nSPS) is 18.6. The van der Waals surface area contributed by atoms with Crippen molar-refractivity contribution in [3.8, 4) is 0 Å². The van der Waals surface area contributed by atoms with Gasteiger partial charge in [0.1, 0.15) is 0 Å². The van der Waals surface area contributed by atoms with Gasteiger partial charge in [0, 0.05) is 44.4 Å². The second-order valence-corrected chi connectivity index (χ2v) is 12.1. The first-order valence-corrected chi connectivity index (χ1v) is 15.6. The summed E-state index contributed by atoms with van der Waals surface area (Å²) in [5, 5.41) is 17.7. The molecule has 0 amide bonds. The van der Waals surface area contributed by atoms with E-state index in [0.717, 1.165) is 38.9 Å². The van der Waals surface area contributed by atoms with Gasteiger partial charge in [-0.3, -0.25) is 10.2 Å². The Morgan fingerprint density at radius 2 is 1.43 bits per heavy atom. The summed E-state index contributed by atoms with van der Waals surface area (Å²) in [6.07, 6.45) is 2.74. The van der Waals surface area contributed by atoms with E-state index in [1.54, 1.807) is 0 Å². The first kappa shape index (κ1) is 30.2. The van der Waals surface area contributed by atoms with Crippen molar-refractivity contribution < 1.29 is 5.11 Å². The quantitative estimate of drug-likeness (QED) is 0.180. The third-order valence-electron chi connectivity index (χ3n) is 8.88. The van der Waals surface area contributed by atoms with Crippen LogP contribution in [0.5, 0.6) is 0 Å². The Labute approximate surface area is 252 Å². The number of aliphatic hydroxyl groups is 1. The highest BCUT2D eigenvalue weighted by atomic mass is 16.2. The molecule has 4 aromatic rings. The third kappa shape index (κ3) is 7.02. The minimum atomic E-state index is -0.534. The van der Waals surface area contributed by atoms with Crippen LogP contribution in [0, 0.1) is 13.8 Å². The molecule has 4 heteroatoms. The molecule has 5 rings (SSSR count).